The summed E-state index contributed by atoms with van der Waals surface area (Å²) in [4.78, 5) is 20.3. The summed E-state index contributed by atoms with van der Waals surface area (Å²) in [5.74, 6) is 0.718. The number of benzene rings is 1. The Balaban J connectivity index is 0.00000364. The Morgan fingerprint density at radius 2 is 2.04 bits per heavy atom. The van der Waals surface area contributed by atoms with Crippen molar-refractivity contribution in [3.63, 3.8) is 0 Å². The van der Waals surface area contributed by atoms with Crippen molar-refractivity contribution in [2.45, 2.75) is 38.8 Å². The molecule has 2 atom stereocenters. The minimum atomic E-state index is -0.00170. The van der Waals surface area contributed by atoms with Gasteiger partial charge in [0.15, 0.2) is 5.96 Å². The fourth-order valence-corrected chi connectivity index (χ4v) is 2.98. The van der Waals surface area contributed by atoms with Crippen molar-refractivity contribution in [1.82, 2.24) is 15.5 Å². The van der Waals surface area contributed by atoms with Crippen molar-refractivity contribution in [2.75, 3.05) is 38.6 Å². The number of hydrogen-bond acceptors (Lipinski definition) is 3. The standard InChI is InChI=1S/C19H30BrN5O.HI/c1-5-14(2)22-19(21-12-18(26)24(3)4)23-16-10-11-25(13-16)17-8-6-15(20)7-9-17;/h6-9,14,16H,5,10-13H2,1-4H3,(H2,21,22,23);1H. The average molecular weight is 552 g/mol. The Morgan fingerprint density at radius 3 is 2.63 bits per heavy atom. The molecule has 2 N–H and O–H groups in total. The predicted molar refractivity (Wildman–Crippen MR) is 127 cm³/mol. The van der Waals surface area contributed by atoms with E-state index in [4.69, 9.17) is 0 Å². The molecule has 1 heterocycles. The van der Waals surface area contributed by atoms with E-state index in [1.54, 1.807) is 19.0 Å². The molecule has 6 nitrogen and oxygen atoms in total. The van der Waals surface area contributed by atoms with Crippen LogP contribution < -0.4 is 15.5 Å². The Hall–Kier alpha value is -1.03. The molecule has 1 aliphatic rings. The van der Waals surface area contributed by atoms with E-state index in [1.165, 1.54) is 5.69 Å². The van der Waals surface area contributed by atoms with Gasteiger partial charge in [0.2, 0.25) is 5.91 Å². The number of halogens is 2. The van der Waals surface area contributed by atoms with Gasteiger partial charge < -0.3 is 20.4 Å². The number of carbonyl (C=O) groups is 1. The van der Waals surface area contributed by atoms with E-state index < -0.39 is 0 Å². The summed E-state index contributed by atoms with van der Waals surface area (Å²) in [6.45, 7) is 6.33. The monoisotopic (exact) mass is 551 g/mol. The maximum atomic E-state index is 11.9. The Bertz CT molecular complexity index is 623. The number of hydrogen-bond donors (Lipinski definition) is 2. The van der Waals surface area contributed by atoms with Crippen LogP contribution in [0.25, 0.3) is 0 Å². The number of nitrogens with zero attached hydrogens (tertiary/aromatic N) is 3. The van der Waals surface area contributed by atoms with Gasteiger partial charge in [-0.25, -0.2) is 4.99 Å². The van der Waals surface area contributed by atoms with Crippen LogP contribution in [0, 0.1) is 0 Å². The fourth-order valence-electron chi connectivity index (χ4n) is 2.71. The molecular weight excluding hydrogens is 521 g/mol. The van der Waals surface area contributed by atoms with Crippen LogP contribution in [-0.2, 0) is 4.79 Å². The summed E-state index contributed by atoms with van der Waals surface area (Å²) in [6, 6.07) is 9.02. The molecule has 1 amide bonds. The number of guanidine groups is 1. The SMILES string of the molecule is CCC(C)NC(=NCC(=O)N(C)C)NC1CCN(c2ccc(Br)cc2)C1.I. The fraction of sp³-hybridized carbons (Fsp3) is 0.579. The van der Waals surface area contributed by atoms with Crippen LogP contribution in [-0.4, -0.2) is 62.6 Å². The second-order valence-corrected chi connectivity index (χ2v) is 7.87. The Labute approximate surface area is 188 Å². The van der Waals surface area contributed by atoms with Crippen LogP contribution in [0.2, 0.25) is 0 Å². The number of aliphatic imine (C=N–C) groups is 1. The van der Waals surface area contributed by atoms with Gasteiger partial charge in [0.25, 0.3) is 0 Å². The van der Waals surface area contributed by atoms with Gasteiger partial charge in [-0.05, 0) is 44.0 Å². The molecule has 0 bridgehead atoms. The molecule has 2 rings (SSSR count). The van der Waals surface area contributed by atoms with Crippen LogP contribution in [0.5, 0.6) is 0 Å². The molecule has 27 heavy (non-hydrogen) atoms. The molecule has 152 valence electrons. The molecule has 0 aromatic heterocycles. The van der Waals surface area contributed by atoms with Crippen LogP contribution in [0.1, 0.15) is 26.7 Å². The topological polar surface area (TPSA) is 60.0 Å². The maximum Gasteiger partial charge on any atom is 0.243 e. The predicted octanol–water partition coefficient (Wildman–Crippen LogP) is 3.07. The first kappa shape index (κ1) is 24.0. The smallest absolute Gasteiger partial charge is 0.243 e. The van der Waals surface area contributed by atoms with Crippen LogP contribution in [0.15, 0.2) is 33.7 Å². The normalized spacial score (nSPS) is 17.9. The molecule has 1 aromatic carbocycles. The van der Waals surface area contributed by atoms with Crippen molar-refractivity contribution in [1.29, 1.82) is 0 Å². The van der Waals surface area contributed by atoms with Crippen molar-refractivity contribution < 1.29 is 4.79 Å². The molecular formula is C19H31BrIN5O. The molecule has 0 radical (unpaired) electrons. The minimum Gasteiger partial charge on any atom is -0.369 e. The van der Waals surface area contributed by atoms with Gasteiger partial charge in [-0.3, -0.25) is 4.79 Å². The molecule has 8 heteroatoms. The van der Waals surface area contributed by atoms with E-state index in [1.807, 2.05) is 0 Å². The average Bonchev–Trinajstić information content (AvgIpc) is 3.08. The van der Waals surface area contributed by atoms with Crippen molar-refractivity contribution in [3.05, 3.63) is 28.7 Å². The Kier molecular flexibility index (Phi) is 10.4. The van der Waals surface area contributed by atoms with Crippen LogP contribution in [0.4, 0.5) is 5.69 Å². The highest BCUT2D eigenvalue weighted by molar-refractivity contribution is 14.0. The van der Waals surface area contributed by atoms with Crippen molar-refractivity contribution >= 4 is 57.5 Å². The summed E-state index contributed by atoms with van der Waals surface area (Å²) >= 11 is 3.48. The molecule has 1 fully saturated rings. The zero-order valence-electron chi connectivity index (χ0n) is 16.5. The lowest BCUT2D eigenvalue weighted by Crippen LogP contribution is -2.48. The molecule has 2 unspecified atom stereocenters. The highest BCUT2D eigenvalue weighted by atomic mass is 127. The summed E-state index contributed by atoms with van der Waals surface area (Å²) in [5.41, 5.74) is 1.23. The van der Waals surface area contributed by atoms with E-state index in [9.17, 15) is 4.79 Å². The highest BCUT2D eigenvalue weighted by Gasteiger charge is 2.24. The number of anilines is 1. The second kappa shape index (κ2) is 11.7. The molecule has 0 saturated carbocycles. The molecule has 0 spiro atoms. The van der Waals surface area contributed by atoms with E-state index in [2.05, 4.69) is 74.6 Å². The lowest BCUT2D eigenvalue weighted by Gasteiger charge is -2.22. The lowest BCUT2D eigenvalue weighted by atomic mass is 10.2. The van der Waals surface area contributed by atoms with Gasteiger partial charge in [-0.15, -0.1) is 24.0 Å². The maximum absolute atomic E-state index is 11.9. The van der Waals surface area contributed by atoms with Gasteiger partial charge in [-0.2, -0.15) is 0 Å². The third-order valence-electron chi connectivity index (χ3n) is 4.59. The number of nitrogens with one attached hydrogen (secondary N) is 2. The molecule has 0 aliphatic carbocycles. The van der Waals surface area contributed by atoms with Gasteiger partial charge >= 0.3 is 0 Å². The third kappa shape index (κ3) is 7.85. The van der Waals surface area contributed by atoms with Crippen LogP contribution >= 0.6 is 39.9 Å². The summed E-state index contributed by atoms with van der Waals surface area (Å²) in [5, 5.41) is 6.90. The number of amides is 1. The lowest BCUT2D eigenvalue weighted by molar-refractivity contribution is -0.127. The Morgan fingerprint density at radius 1 is 1.37 bits per heavy atom. The molecule has 1 aromatic rings. The number of rotatable bonds is 6. The van der Waals surface area contributed by atoms with E-state index in [0.29, 0.717) is 12.1 Å². The summed E-state index contributed by atoms with van der Waals surface area (Å²) in [6.07, 6.45) is 2.04. The van der Waals surface area contributed by atoms with Crippen molar-refractivity contribution in [3.8, 4) is 0 Å². The summed E-state index contributed by atoms with van der Waals surface area (Å²) in [7, 11) is 3.50. The van der Waals surface area contributed by atoms with E-state index >= 15 is 0 Å². The van der Waals surface area contributed by atoms with E-state index in [0.717, 1.165) is 36.4 Å². The zero-order chi connectivity index (χ0) is 19.1. The largest absolute Gasteiger partial charge is 0.369 e. The first-order chi connectivity index (χ1) is 12.4. The van der Waals surface area contributed by atoms with Gasteiger partial charge in [0, 0.05) is 49.4 Å². The number of likely N-dealkylation sites (N-methyl/N-ethyl adjacent to an activating group) is 1. The third-order valence-corrected chi connectivity index (χ3v) is 5.12. The molecule has 1 aliphatic heterocycles. The molecule has 1 saturated heterocycles. The van der Waals surface area contributed by atoms with Gasteiger partial charge in [-0.1, -0.05) is 22.9 Å². The second-order valence-electron chi connectivity index (χ2n) is 6.96. The minimum absolute atomic E-state index is 0. The quantitative estimate of drug-likeness (QED) is 0.324. The number of carbonyl (C=O) groups excluding carboxylic acids is 1. The van der Waals surface area contributed by atoms with Crippen LogP contribution in [0.3, 0.4) is 0 Å². The van der Waals surface area contributed by atoms with E-state index in [-0.39, 0.29) is 36.4 Å². The van der Waals surface area contributed by atoms with Gasteiger partial charge in [0.05, 0.1) is 0 Å². The van der Waals surface area contributed by atoms with Gasteiger partial charge in [0.1, 0.15) is 6.54 Å². The highest BCUT2D eigenvalue weighted by Crippen LogP contribution is 2.22. The van der Waals surface area contributed by atoms with Crippen molar-refractivity contribution in [2.24, 2.45) is 4.99 Å². The summed E-state index contributed by atoms with van der Waals surface area (Å²) < 4.78 is 1.09. The first-order valence-corrected chi connectivity index (χ1v) is 9.96. The zero-order valence-corrected chi connectivity index (χ0v) is 20.5. The first-order valence-electron chi connectivity index (χ1n) is 9.17.